The molecule has 0 saturated carbocycles. The van der Waals surface area contributed by atoms with Crippen molar-refractivity contribution >= 4 is 24.1 Å². The van der Waals surface area contributed by atoms with E-state index in [1.165, 1.54) is 16.7 Å². The molecule has 0 heterocycles. The number of likely N-dealkylation sites (N-methyl/N-ethyl adjacent to an activating group) is 2. The maximum absolute atomic E-state index is 13.0. The van der Waals surface area contributed by atoms with Crippen LogP contribution in [-0.2, 0) is 23.9 Å². The molecule has 30 heavy (non-hydrogen) atoms. The fourth-order valence-electron chi connectivity index (χ4n) is 3.37. The fraction of sp³-hybridized carbons (Fsp3) is 0.826. The van der Waals surface area contributed by atoms with E-state index in [4.69, 9.17) is 4.74 Å². The second-order valence-electron chi connectivity index (χ2n) is 9.24. The number of hydrogen-bond donors (Lipinski definition) is 0. The first-order chi connectivity index (χ1) is 13.8. The summed E-state index contributed by atoms with van der Waals surface area (Å²) >= 11 is 0. The maximum atomic E-state index is 13.0. The van der Waals surface area contributed by atoms with Crippen molar-refractivity contribution in [3.63, 3.8) is 0 Å². The highest BCUT2D eigenvalue weighted by Crippen LogP contribution is 2.25. The zero-order valence-electron chi connectivity index (χ0n) is 20.3. The molecular weight excluding hydrogens is 384 g/mol. The molecule has 0 aromatic rings. The van der Waals surface area contributed by atoms with Crippen LogP contribution in [0.25, 0.3) is 0 Å². The Bertz CT molecular complexity index is 576. The van der Waals surface area contributed by atoms with Crippen molar-refractivity contribution in [2.24, 2.45) is 23.7 Å². The van der Waals surface area contributed by atoms with Crippen LogP contribution in [0.1, 0.15) is 67.7 Å². The third-order valence-corrected chi connectivity index (χ3v) is 5.44. The Morgan fingerprint density at radius 1 is 0.933 bits per heavy atom. The maximum Gasteiger partial charge on any atom is 0.329 e. The Morgan fingerprint density at radius 3 is 1.90 bits per heavy atom. The molecule has 0 saturated heterocycles. The minimum absolute atomic E-state index is 0.0441. The number of rotatable bonds is 13. The van der Waals surface area contributed by atoms with E-state index in [9.17, 15) is 19.2 Å². The van der Waals surface area contributed by atoms with E-state index in [0.717, 1.165) is 12.8 Å². The molecule has 0 aliphatic heterocycles. The zero-order valence-corrected chi connectivity index (χ0v) is 20.3. The summed E-state index contributed by atoms with van der Waals surface area (Å²) in [7, 11) is 3.18. The molecule has 0 N–H and O–H groups in total. The molecule has 0 aromatic carbocycles. The van der Waals surface area contributed by atoms with Gasteiger partial charge in [-0.3, -0.25) is 14.4 Å². The zero-order chi connectivity index (χ0) is 23.6. The van der Waals surface area contributed by atoms with Crippen LogP contribution in [0.5, 0.6) is 0 Å². The molecule has 0 aliphatic carbocycles. The Labute approximate surface area is 182 Å². The fourth-order valence-corrected chi connectivity index (χ4v) is 3.37. The van der Waals surface area contributed by atoms with Gasteiger partial charge in [-0.1, -0.05) is 48.0 Å². The first kappa shape index (κ1) is 28.1. The molecular formula is C23H42N2O5. The van der Waals surface area contributed by atoms with Crippen LogP contribution in [0.3, 0.4) is 0 Å². The molecule has 7 nitrogen and oxygen atoms in total. The Morgan fingerprint density at radius 2 is 1.47 bits per heavy atom. The van der Waals surface area contributed by atoms with Gasteiger partial charge in [-0.25, -0.2) is 4.79 Å². The standard InChI is InChI=1S/C23H42N2O5/c1-10-17(6)19(11-15(2)3)22(28)24(8)13-21(27)25(9)20(12-16(4)5)23(29)30-18(7)14-26/h14-20H,10-13H2,1-9H3. The average Bonchev–Trinajstić information content (AvgIpc) is 2.67. The largest absolute Gasteiger partial charge is 0.453 e. The van der Waals surface area contributed by atoms with Crippen LogP contribution >= 0.6 is 0 Å². The highest BCUT2D eigenvalue weighted by Gasteiger charge is 2.33. The Balaban J connectivity index is 5.32. The SMILES string of the molecule is CCC(C)C(CC(C)C)C(=O)N(C)CC(=O)N(C)C(CC(C)C)C(=O)OC(C)C=O. The normalized spacial score (nSPS) is 15.3. The molecule has 4 atom stereocenters. The molecule has 0 fully saturated rings. The summed E-state index contributed by atoms with van der Waals surface area (Å²) in [5.74, 6) is -0.372. The third kappa shape index (κ3) is 9.26. The van der Waals surface area contributed by atoms with Gasteiger partial charge >= 0.3 is 5.97 Å². The summed E-state index contributed by atoms with van der Waals surface area (Å²) in [6.07, 6.45) is 1.75. The van der Waals surface area contributed by atoms with E-state index in [1.54, 1.807) is 14.1 Å². The Kier molecular flexibility index (Phi) is 12.5. The lowest BCUT2D eigenvalue weighted by atomic mass is 9.84. The van der Waals surface area contributed by atoms with E-state index in [0.29, 0.717) is 18.6 Å². The summed E-state index contributed by atoms with van der Waals surface area (Å²) in [5, 5.41) is 0. The quantitative estimate of drug-likeness (QED) is 0.334. The summed E-state index contributed by atoms with van der Waals surface area (Å²) in [6.45, 7) is 13.6. The molecule has 2 amide bonds. The van der Waals surface area contributed by atoms with Crippen molar-refractivity contribution in [1.29, 1.82) is 0 Å². The van der Waals surface area contributed by atoms with Crippen LogP contribution in [-0.4, -0.2) is 66.7 Å². The molecule has 4 unspecified atom stereocenters. The summed E-state index contributed by atoms with van der Waals surface area (Å²) < 4.78 is 5.13. The van der Waals surface area contributed by atoms with Gasteiger partial charge in [0, 0.05) is 20.0 Å². The third-order valence-electron chi connectivity index (χ3n) is 5.44. The van der Waals surface area contributed by atoms with Gasteiger partial charge in [-0.15, -0.1) is 0 Å². The number of nitrogens with zero attached hydrogens (tertiary/aromatic N) is 2. The molecule has 0 spiro atoms. The van der Waals surface area contributed by atoms with Crippen LogP contribution in [0.4, 0.5) is 0 Å². The second kappa shape index (κ2) is 13.4. The van der Waals surface area contributed by atoms with Gasteiger partial charge in [0.05, 0.1) is 6.54 Å². The number of amides is 2. The van der Waals surface area contributed by atoms with Crippen molar-refractivity contribution in [2.75, 3.05) is 20.6 Å². The highest BCUT2D eigenvalue weighted by molar-refractivity contribution is 5.89. The number of aldehydes is 1. The minimum Gasteiger partial charge on any atom is -0.453 e. The summed E-state index contributed by atoms with van der Waals surface area (Å²) in [6, 6.07) is -0.801. The van der Waals surface area contributed by atoms with Gasteiger partial charge in [0.2, 0.25) is 11.8 Å². The molecule has 0 bridgehead atoms. The number of carbonyl (C=O) groups is 4. The molecule has 7 heteroatoms. The second-order valence-corrected chi connectivity index (χ2v) is 9.24. The topological polar surface area (TPSA) is 84.0 Å². The first-order valence-electron chi connectivity index (χ1n) is 11.0. The van der Waals surface area contributed by atoms with Gasteiger partial charge < -0.3 is 14.5 Å². The van der Waals surface area contributed by atoms with Crippen molar-refractivity contribution in [2.45, 2.75) is 79.9 Å². The number of esters is 1. The summed E-state index contributed by atoms with van der Waals surface area (Å²) in [4.78, 5) is 52.0. The molecule has 0 radical (unpaired) electrons. The number of hydrogen-bond acceptors (Lipinski definition) is 5. The Hall–Kier alpha value is -1.92. The van der Waals surface area contributed by atoms with E-state index < -0.39 is 18.1 Å². The van der Waals surface area contributed by atoms with E-state index in [-0.39, 0.29) is 36.1 Å². The van der Waals surface area contributed by atoms with Crippen LogP contribution in [0.15, 0.2) is 0 Å². The van der Waals surface area contributed by atoms with E-state index >= 15 is 0 Å². The lowest BCUT2D eigenvalue weighted by molar-refractivity contribution is -0.160. The first-order valence-corrected chi connectivity index (χ1v) is 11.0. The van der Waals surface area contributed by atoms with Gasteiger partial charge in [0.15, 0.2) is 12.4 Å². The van der Waals surface area contributed by atoms with Crippen molar-refractivity contribution in [3.05, 3.63) is 0 Å². The monoisotopic (exact) mass is 426 g/mol. The lowest BCUT2D eigenvalue weighted by Crippen LogP contribution is -2.49. The molecule has 174 valence electrons. The minimum atomic E-state index is -0.868. The van der Waals surface area contributed by atoms with E-state index in [2.05, 4.69) is 27.7 Å². The summed E-state index contributed by atoms with van der Waals surface area (Å²) in [5.41, 5.74) is 0. The lowest BCUT2D eigenvalue weighted by Gasteiger charge is -2.32. The van der Waals surface area contributed by atoms with Gasteiger partial charge in [-0.05, 0) is 37.5 Å². The predicted octanol–water partition coefficient (Wildman–Crippen LogP) is 3.16. The van der Waals surface area contributed by atoms with E-state index in [1.807, 2.05) is 13.8 Å². The molecule has 0 aliphatic rings. The number of ether oxygens (including phenoxy) is 1. The number of carbonyl (C=O) groups excluding carboxylic acids is 4. The van der Waals surface area contributed by atoms with Crippen molar-refractivity contribution < 1.29 is 23.9 Å². The predicted molar refractivity (Wildman–Crippen MR) is 118 cm³/mol. The van der Waals surface area contributed by atoms with Crippen LogP contribution in [0, 0.1) is 23.7 Å². The highest BCUT2D eigenvalue weighted by atomic mass is 16.5. The van der Waals surface area contributed by atoms with Gasteiger partial charge in [-0.2, -0.15) is 0 Å². The van der Waals surface area contributed by atoms with Crippen LogP contribution in [0.2, 0.25) is 0 Å². The average molecular weight is 427 g/mol. The van der Waals surface area contributed by atoms with Crippen molar-refractivity contribution in [3.8, 4) is 0 Å². The van der Waals surface area contributed by atoms with Crippen LogP contribution < -0.4 is 0 Å². The molecule has 0 aromatic heterocycles. The molecule has 0 rings (SSSR count). The van der Waals surface area contributed by atoms with Gasteiger partial charge in [0.1, 0.15) is 6.04 Å². The smallest absolute Gasteiger partial charge is 0.329 e. The van der Waals surface area contributed by atoms with Crippen molar-refractivity contribution in [1.82, 2.24) is 9.80 Å². The van der Waals surface area contributed by atoms with Gasteiger partial charge in [0.25, 0.3) is 0 Å².